The Hall–Kier alpha value is -1.85. The first kappa shape index (κ1) is 17.0. The molecule has 2 aromatic heterocycles. The van der Waals surface area contributed by atoms with Gasteiger partial charge in [0.25, 0.3) is 0 Å². The van der Waals surface area contributed by atoms with Gasteiger partial charge in [-0.1, -0.05) is 11.5 Å². The number of hydrogen-bond donors (Lipinski definition) is 1. The van der Waals surface area contributed by atoms with Crippen LogP contribution in [0.25, 0.3) is 16.9 Å². The molecule has 0 saturated heterocycles. The molecule has 24 heavy (non-hydrogen) atoms. The zero-order valence-electron chi connectivity index (χ0n) is 13.6. The SMILES string of the molecule is [B]c1cc(C)c(-c2nc3cc(C)ccn3c2CC(O)CCl)c(F)c1. The van der Waals surface area contributed by atoms with Crippen LogP contribution in [0.1, 0.15) is 16.8 Å². The second kappa shape index (κ2) is 6.57. The molecule has 6 heteroatoms. The summed E-state index contributed by atoms with van der Waals surface area (Å²) in [4.78, 5) is 4.61. The van der Waals surface area contributed by atoms with E-state index in [0.29, 0.717) is 27.9 Å². The van der Waals surface area contributed by atoms with Crippen molar-refractivity contribution in [2.75, 3.05) is 5.88 Å². The number of aliphatic hydroxyl groups is 1. The third-order valence-electron chi connectivity index (χ3n) is 4.03. The third kappa shape index (κ3) is 3.06. The van der Waals surface area contributed by atoms with Gasteiger partial charge in [0.1, 0.15) is 19.3 Å². The summed E-state index contributed by atoms with van der Waals surface area (Å²) in [5.41, 5.74) is 4.48. The molecular formula is C18H17BClFN2O. The highest BCUT2D eigenvalue weighted by Gasteiger charge is 2.21. The first-order valence-corrected chi connectivity index (χ1v) is 8.21. The van der Waals surface area contributed by atoms with Gasteiger partial charge in [-0.3, -0.25) is 0 Å². The number of aromatic nitrogens is 2. The molecule has 2 heterocycles. The average molecular weight is 343 g/mol. The molecule has 0 saturated carbocycles. The van der Waals surface area contributed by atoms with Gasteiger partial charge < -0.3 is 9.51 Å². The second-order valence-corrected chi connectivity index (χ2v) is 6.35. The highest BCUT2D eigenvalue weighted by Crippen LogP contribution is 2.30. The number of aliphatic hydroxyl groups excluding tert-OH is 1. The van der Waals surface area contributed by atoms with E-state index in [4.69, 9.17) is 19.4 Å². The number of halogens is 2. The molecule has 0 aliphatic rings. The predicted molar refractivity (Wildman–Crippen MR) is 95.9 cm³/mol. The standard InChI is InChI=1S/C18H17BClFN2O/c1-10-3-4-23-15(8-13(24)9-20)18(22-16(23)5-10)17-11(2)6-12(19)7-14(17)21/h3-7,13,24H,8-9H2,1-2H3. The molecule has 0 spiro atoms. The number of alkyl halides is 1. The van der Waals surface area contributed by atoms with Crippen LogP contribution < -0.4 is 5.46 Å². The highest BCUT2D eigenvalue weighted by atomic mass is 35.5. The molecule has 3 rings (SSSR count). The maximum Gasteiger partial charge on any atom is 0.137 e. The molecule has 2 radical (unpaired) electrons. The Morgan fingerprint density at radius 3 is 2.75 bits per heavy atom. The van der Waals surface area contributed by atoms with Crippen LogP contribution in [-0.4, -0.2) is 34.3 Å². The quantitative estimate of drug-likeness (QED) is 0.585. The van der Waals surface area contributed by atoms with Crippen molar-refractivity contribution in [2.45, 2.75) is 26.4 Å². The first-order valence-electron chi connectivity index (χ1n) is 7.68. The molecule has 1 atom stereocenters. The van der Waals surface area contributed by atoms with Crippen LogP contribution in [0.3, 0.4) is 0 Å². The molecule has 0 aliphatic heterocycles. The fourth-order valence-electron chi connectivity index (χ4n) is 2.94. The lowest BCUT2D eigenvalue weighted by molar-refractivity contribution is 0.197. The number of rotatable bonds is 4. The van der Waals surface area contributed by atoms with Crippen LogP contribution in [0.2, 0.25) is 0 Å². The second-order valence-electron chi connectivity index (χ2n) is 6.05. The molecule has 1 N–H and O–H groups in total. The van der Waals surface area contributed by atoms with Crippen LogP contribution in [0.15, 0.2) is 30.5 Å². The van der Waals surface area contributed by atoms with Gasteiger partial charge >= 0.3 is 0 Å². The lowest BCUT2D eigenvalue weighted by Gasteiger charge is -2.12. The summed E-state index contributed by atoms with van der Waals surface area (Å²) in [6.45, 7) is 3.77. The van der Waals surface area contributed by atoms with Crippen LogP contribution in [0.4, 0.5) is 4.39 Å². The maximum absolute atomic E-state index is 14.6. The van der Waals surface area contributed by atoms with Crippen LogP contribution >= 0.6 is 11.6 Å². The van der Waals surface area contributed by atoms with E-state index >= 15 is 0 Å². The van der Waals surface area contributed by atoms with Gasteiger partial charge in [-0.05, 0) is 43.2 Å². The summed E-state index contributed by atoms with van der Waals surface area (Å²) in [5.74, 6) is -0.323. The Labute approximate surface area is 146 Å². The number of imidazole rings is 1. The molecule has 0 aliphatic carbocycles. The minimum Gasteiger partial charge on any atom is -0.391 e. The zero-order chi connectivity index (χ0) is 17.4. The smallest absolute Gasteiger partial charge is 0.137 e. The summed E-state index contributed by atoms with van der Waals surface area (Å²) in [6.07, 6.45) is 1.43. The molecule has 0 amide bonds. The number of fused-ring (bicyclic) bond motifs is 1. The fraction of sp³-hybridized carbons (Fsp3) is 0.278. The molecule has 0 fully saturated rings. The fourth-order valence-corrected chi connectivity index (χ4v) is 3.05. The predicted octanol–water partition coefficient (Wildman–Crippen LogP) is 2.69. The monoisotopic (exact) mass is 342 g/mol. The number of aryl methyl sites for hydroxylation is 2. The van der Waals surface area contributed by atoms with Crippen molar-refractivity contribution in [3.05, 3.63) is 53.1 Å². The number of pyridine rings is 1. The van der Waals surface area contributed by atoms with Crippen LogP contribution in [-0.2, 0) is 6.42 Å². The van der Waals surface area contributed by atoms with Gasteiger partial charge in [-0.25, -0.2) is 9.37 Å². The molecule has 1 aromatic carbocycles. The summed E-state index contributed by atoms with van der Waals surface area (Å²) in [6, 6.07) is 6.88. The van der Waals surface area contributed by atoms with Crippen molar-refractivity contribution >= 4 is 30.6 Å². The average Bonchev–Trinajstić information content (AvgIpc) is 2.83. The Balaban J connectivity index is 2.29. The van der Waals surface area contributed by atoms with Crippen LogP contribution in [0.5, 0.6) is 0 Å². The number of nitrogens with zero attached hydrogens (tertiary/aromatic N) is 2. The molecule has 122 valence electrons. The zero-order valence-corrected chi connectivity index (χ0v) is 14.3. The van der Waals surface area contributed by atoms with E-state index in [-0.39, 0.29) is 12.3 Å². The minimum absolute atomic E-state index is 0.0989. The van der Waals surface area contributed by atoms with Gasteiger partial charge in [0.2, 0.25) is 0 Å². The Morgan fingerprint density at radius 2 is 2.08 bits per heavy atom. The Morgan fingerprint density at radius 1 is 1.33 bits per heavy atom. The van der Waals surface area contributed by atoms with Crippen molar-refractivity contribution in [3.63, 3.8) is 0 Å². The topological polar surface area (TPSA) is 37.5 Å². The third-order valence-corrected chi connectivity index (χ3v) is 4.39. The van der Waals surface area contributed by atoms with Crippen molar-refractivity contribution in [1.82, 2.24) is 9.38 Å². The largest absolute Gasteiger partial charge is 0.391 e. The summed E-state index contributed by atoms with van der Waals surface area (Å²) in [5, 5.41) is 10.0. The van der Waals surface area contributed by atoms with Gasteiger partial charge in [-0.2, -0.15) is 0 Å². The van der Waals surface area contributed by atoms with E-state index in [0.717, 1.165) is 11.3 Å². The normalized spacial score (nSPS) is 12.7. The van der Waals surface area contributed by atoms with Gasteiger partial charge in [0, 0.05) is 24.1 Å². The van der Waals surface area contributed by atoms with E-state index in [1.807, 2.05) is 29.7 Å². The molecule has 3 nitrogen and oxygen atoms in total. The van der Waals surface area contributed by atoms with Crippen molar-refractivity contribution < 1.29 is 9.50 Å². The lowest BCUT2D eigenvalue weighted by Crippen LogP contribution is -2.14. The molecule has 3 aromatic rings. The molecule has 1 unspecified atom stereocenters. The summed E-state index contributed by atoms with van der Waals surface area (Å²) >= 11 is 5.76. The number of benzene rings is 1. The molecule has 0 bridgehead atoms. The molecular weight excluding hydrogens is 325 g/mol. The Bertz CT molecular complexity index is 886. The van der Waals surface area contributed by atoms with Gasteiger partial charge in [-0.15, -0.1) is 11.6 Å². The summed E-state index contributed by atoms with van der Waals surface area (Å²) < 4.78 is 16.5. The maximum atomic E-state index is 14.6. The van der Waals surface area contributed by atoms with Gasteiger partial charge in [0.15, 0.2) is 0 Å². The number of hydrogen-bond acceptors (Lipinski definition) is 2. The lowest BCUT2D eigenvalue weighted by atomic mass is 9.90. The van der Waals surface area contributed by atoms with Crippen LogP contribution in [0, 0.1) is 19.7 Å². The van der Waals surface area contributed by atoms with E-state index < -0.39 is 11.9 Å². The summed E-state index contributed by atoms with van der Waals surface area (Å²) in [7, 11) is 5.72. The minimum atomic E-state index is -0.733. The van der Waals surface area contributed by atoms with E-state index in [1.165, 1.54) is 6.07 Å². The van der Waals surface area contributed by atoms with Crippen molar-refractivity contribution in [2.24, 2.45) is 0 Å². The highest BCUT2D eigenvalue weighted by molar-refractivity contribution is 6.32. The van der Waals surface area contributed by atoms with Gasteiger partial charge in [0.05, 0.1) is 17.5 Å². The van der Waals surface area contributed by atoms with E-state index in [1.54, 1.807) is 13.0 Å². The van der Waals surface area contributed by atoms with E-state index in [9.17, 15) is 9.50 Å². The first-order chi connectivity index (χ1) is 11.4. The van der Waals surface area contributed by atoms with Crippen molar-refractivity contribution in [1.29, 1.82) is 0 Å². The Kier molecular flexibility index (Phi) is 4.65. The van der Waals surface area contributed by atoms with Crippen molar-refractivity contribution in [3.8, 4) is 11.3 Å². The van der Waals surface area contributed by atoms with E-state index in [2.05, 4.69) is 4.98 Å².